The molecule has 1 atom stereocenters. The third kappa shape index (κ3) is 8.18. The number of pyridine rings is 1. The molecule has 2 aromatic rings. The summed E-state index contributed by atoms with van der Waals surface area (Å²) in [5, 5.41) is 7.36. The van der Waals surface area contributed by atoms with Gasteiger partial charge < -0.3 is 24.8 Å². The Hall–Kier alpha value is -1.98. The first-order valence-electron chi connectivity index (χ1n) is 10.3. The van der Waals surface area contributed by atoms with Crippen molar-refractivity contribution in [2.45, 2.75) is 19.0 Å². The van der Waals surface area contributed by atoms with Crippen molar-refractivity contribution in [1.82, 2.24) is 20.5 Å². The summed E-state index contributed by atoms with van der Waals surface area (Å²) in [7, 11) is 5.11. The number of halogens is 2. The normalized spacial score (nSPS) is 16.2. The predicted octanol–water partition coefficient (Wildman–Crippen LogP) is 3.19. The Morgan fingerprint density at radius 1 is 1.22 bits per heavy atom. The molecule has 0 spiro atoms. The Morgan fingerprint density at radius 3 is 2.59 bits per heavy atom. The standard InChI is InChI=1S/C22H30ClN5O3.HI/c1-24-22(25-7-9-31-21-5-4-17(23)13-26-21)27-18-6-8-28(15-18)14-16-10-19(29-2)12-20(11-16)30-3;/h4-5,10-13,18H,6-9,14-15H2,1-3H3,(H2,24,25,27);1H. The lowest BCUT2D eigenvalue weighted by atomic mass is 10.2. The van der Waals surface area contributed by atoms with E-state index in [1.54, 1.807) is 39.6 Å². The quantitative estimate of drug-likeness (QED) is 0.206. The van der Waals surface area contributed by atoms with Gasteiger partial charge in [-0.1, -0.05) is 11.6 Å². The van der Waals surface area contributed by atoms with Crippen molar-refractivity contribution in [2.75, 3.05) is 47.5 Å². The lowest BCUT2D eigenvalue weighted by Crippen LogP contribution is -2.45. The summed E-state index contributed by atoms with van der Waals surface area (Å²) in [5.74, 6) is 2.94. The van der Waals surface area contributed by atoms with Gasteiger partial charge in [-0.15, -0.1) is 24.0 Å². The van der Waals surface area contributed by atoms with Crippen molar-refractivity contribution >= 4 is 41.5 Å². The van der Waals surface area contributed by atoms with Crippen LogP contribution in [-0.4, -0.2) is 69.4 Å². The van der Waals surface area contributed by atoms with Gasteiger partial charge in [-0.25, -0.2) is 4.98 Å². The summed E-state index contributed by atoms with van der Waals surface area (Å²) >= 11 is 5.83. The van der Waals surface area contributed by atoms with E-state index in [1.807, 2.05) is 6.07 Å². The molecule has 1 saturated heterocycles. The Kier molecular flexibility index (Phi) is 11.1. The fraction of sp³-hybridized carbons (Fsp3) is 0.455. The van der Waals surface area contributed by atoms with Crippen molar-refractivity contribution in [3.05, 3.63) is 47.1 Å². The molecule has 1 fully saturated rings. The molecule has 0 radical (unpaired) electrons. The van der Waals surface area contributed by atoms with Gasteiger partial charge in [0.05, 0.1) is 25.8 Å². The fourth-order valence-electron chi connectivity index (χ4n) is 3.47. The number of guanidine groups is 1. The SMILES string of the molecule is CN=C(NCCOc1ccc(Cl)cn1)NC1CCN(Cc2cc(OC)cc(OC)c2)C1.I. The average Bonchev–Trinajstić information content (AvgIpc) is 3.23. The van der Waals surface area contributed by atoms with E-state index in [1.165, 1.54) is 5.56 Å². The molecule has 1 aromatic heterocycles. The first-order valence-corrected chi connectivity index (χ1v) is 10.6. The number of rotatable bonds is 9. The van der Waals surface area contributed by atoms with E-state index in [9.17, 15) is 0 Å². The second-order valence-electron chi connectivity index (χ2n) is 7.25. The summed E-state index contributed by atoms with van der Waals surface area (Å²) in [6, 6.07) is 9.84. The zero-order valence-corrected chi connectivity index (χ0v) is 21.7. The summed E-state index contributed by atoms with van der Waals surface area (Å²) in [6.45, 7) is 3.89. The molecule has 1 aliphatic rings. The van der Waals surface area contributed by atoms with Gasteiger partial charge in [0.1, 0.15) is 18.1 Å². The van der Waals surface area contributed by atoms with Gasteiger partial charge in [0.15, 0.2) is 5.96 Å². The molecule has 0 aliphatic carbocycles. The minimum absolute atomic E-state index is 0. The molecular weight excluding hydrogens is 545 g/mol. The molecule has 3 rings (SSSR count). The molecule has 176 valence electrons. The molecule has 2 N–H and O–H groups in total. The molecule has 0 saturated carbocycles. The van der Waals surface area contributed by atoms with E-state index in [-0.39, 0.29) is 24.0 Å². The average molecular weight is 576 g/mol. The molecule has 10 heteroatoms. The highest BCUT2D eigenvalue weighted by molar-refractivity contribution is 14.0. The molecule has 0 amide bonds. The number of aliphatic imine (C=N–C) groups is 1. The number of likely N-dealkylation sites (tertiary alicyclic amines) is 1. The van der Waals surface area contributed by atoms with Crippen LogP contribution >= 0.6 is 35.6 Å². The monoisotopic (exact) mass is 575 g/mol. The van der Waals surface area contributed by atoms with Crippen LogP contribution in [0.5, 0.6) is 17.4 Å². The first-order chi connectivity index (χ1) is 15.1. The minimum Gasteiger partial charge on any atom is -0.497 e. The third-order valence-electron chi connectivity index (χ3n) is 5.00. The highest BCUT2D eigenvalue weighted by Gasteiger charge is 2.23. The van der Waals surface area contributed by atoms with Crippen LogP contribution in [-0.2, 0) is 6.54 Å². The lowest BCUT2D eigenvalue weighted by molar-refractivity contribution is 0.309. The van der Waals surface area contributed by atoms with Gasteiger partial charge in [0, 0.05) is 51.1 Å². The smallest absolute Gasteiger partial charge is 0.213 e. The Balaban J connectivity index is 0.00000363. The third-order valence-corrected chi connectivity index (χ3v) is 5.22. The summed E-state index contributed by atoms with van der Waals surface area (Å²) < 4.78 is 16.4. The van der Waals surface area contributed by atoms with Gasteiger partial charge in [-0.05, 0) is 30.2 Å². The highest BCUT2D eigenvalue weighted by Crippen LogP contribution is 2.24. The van der Waals surface area contributed by atoms with Crippen LogP contribution in [0.15, 0.2) is 41.5 Å². The van der Waals surface area contributed by atoms with Crippen LogP contribution in [0, 0.1) is 0 Å². The van der Waals surface area contributed by atoms with E-state index >= 15 is 0 Å². The van der Waals surface area contributed by atoms with Gasteiger partial charge >= 0.3 is 0 Å². The maximum absolute atomic E-state index is 5.83. The van der Waals surface area contributed by atoms with Gasteiger partial charge in [0.2, 0.25) is 5.88 Å². The number of hydrogen-bond donors (Lipinski definition) is 2. The molecule has 1 unspecified atom stereocenters. The van der Waals surface area contributed by atoms with Gasteiger partial charge in [-0.2, -0.15) is 0 Å². The van der Waals surface area contributed by atoms with Gasteiger partial charge in [-0.3, -0.25) is 9.89 Å². The molecule has 0 bridgehead atoms. The number of hydrogen-bond acceptors (Lipinski definition) is 6. The van der Waals surface area contributed by atoms with Crippen LogP contribution in [0.4, 0.5) is 0 Å². The van der Waals surface area contributed by atoms with E-state index < -0.39 is 0 Å². The minimum atomic E-state index is 0. The number of ether oxygens (including phenoxy) is 3. The maximum atomic E-state index is 5.83. The Bertz CT molecular complexity index is 847. The van der Waals surface area contributed by atoms with E-state index in [0.717, 1.165) is 43.5 Å². The Labute approximate surface area is 211 Å². The number of aromatic nitrogens is 1. The second-order valence-corrected chi connectivity index (χ2v) is 7.68. The largest absolute Gasteiger partial charge is 0.497 e. The number of nitrogens with one attached hydrogen (secondary N) is 2. The van der Waals surface area contributed by atoms with Crippen molar-refractivity contribution in [2.24, 2.45) is 4.99 Å². The van der Waals surface area contributed by atoms with Gasteiger partial charge in [0.25, 0.3) is 0 Å². The fourth-order valence-corrected chi connectivity index (χ4v) is 3.58. The van der Waals surface area contributed by atoms with E-state index in [4.69, 9.17) is 25.8 Å². The van der Waals surface area contributed by atoms with Crippen molar-refractivity contribution in [3.8, 4) is 17.4 Å². The van der Waals surface area contributed by atoms with Crippen molar-refractivity contribution in [1.29, 1.82) is 0 Å². The van der Waals surface area contributed by atoms with Crippen molar-refractivity contribution in [3.63, 3.8) is 0 Å². The molecule has 2 heterocycles. The highest BCUT2D eigenvalue weighted by atomic mass is 127. The molecule has 1 aliphatic heterocycles. The van der Waals surface area contributed by atoms with Crippen molar-refractivity contribution < 1.29 is 14.2 Å². The number of benzene rings is 1. The zero-order valence-electron chi connectivity index (χ0n) is 18.6. The molecule has 8 nitrogen and oxygen atoms in total. The predicted molar refractivity (Wildman–Crippen MR) is 138 cm³/mol. The lowest BCUT2D eigenvalue weighted by Gasteiger charge is -2.19. The van der Waals surface area contributed by atoms with Crippen LogP contribution in [0.25, 0.3) is 0 Å². The van der Waals surface area contributed by atoms with Crippen LogP contribution < -0.4 is 24.8 Å². The van der Waals surface area contributed by atoms with E-state index in [0.29, 0.717) is 30.1 Å². The van der Waals surface area contributed by atoms with Crippen LogP contribution in [0.3, 0.4) is 0 Å². The van der Waals surface area contributed by atoms with Crippen LogP contribution in [0.1, 0.15) is 12.0 Å². The molecule has 1 aromatic carbocycles. The van der Waals surface area contributed by atoms with Crippen LogP contribution in [0.2, 0.25) is 5.02 Å². The topological polar surface area (TPSA) is 80.2 Å². The number of methoxy groups -OCH3 is 2. The molecule has 32 heavy (non-hydrogen) atoms. The summed E-state index contributed by atoms with van der Waals surface area (Å²) in [4.78, 5) is 10.8. The summed E-state index contributed by atoms with van der Waals surface area (Å²) in [5.41, 5.74) is 1.17. The Morgan fingerprint density at radius 2 is 1.97 bits per heavy atom. The number of nitrogens with zero attached hydrogens (tertiary/aromatic N) is 3. The first kappa shape index (κ1) is 26.3. The van der Waals surface area contributed by atoms with E-state index in [2.05, 4.69) is 37.6 Å². The summed E-state index contributed by atoms with van der Waals surface area (Å²) in [6.07, 6.45) is 2.62. The zero-order chi connectivity index (χ0) is 22.1. The second kappa shape index (κ2) is 13.5. The molecular formula is C22H31ClIN5O3. The maximum Gasteiger partial charge on any atom is 0.213 e.